The summed E-state index contributed by atoms with van der Waals surface area (Å²) in [5, 5.41) is 3.05. The summed E-state index contributed by atoms with van der Waals surface area (Å²) < 4.78 is 53.2. The molecule has 1 saturated carbocycles. The van der Waals surface area contributed by atoms with Crippen molar-refractivity contribution in [1.29, 1.82) is 0 Å². The number of hydrogen-bond acceptors (Lipinski definition) is 3. The minimum atomic E-state index is -4.41. The topological polar surface area (TPSA) is 35.6 Å². The highest BCUT2D eigenvalue weighted by Gasteiger charge is 2.43. The molecular formula is C25H27F4N3O. The maximum atomic E-state index is 13.3. The first-order valence-electron chi connectivity index (χ1n) is 11.5. The van der Waals surface area contributed by atoms with E-state index in [1.165, 1.54) is 18.2 Å². The SMILES string of the molecule is O=C(NCC1CC1)[C@@H]1Cc2cc(C(F)(F)F)ccc2N2CCN(Cc3ccc(F)cc3)C[C@@H]12. The van der Waals surface area contributed by atoms with E-state index in [2.05, 4.69) is 15.1 Å². The number of alkyl halides is 3. The third-order valence-electron chi connectivity index (χ3n) is 7.04. The molecule has 3 aliphatic rings. The minimum Gasteiger partial charge on any atom is -0.365 e. The van der Waals surface area contributed by atoms with E-state index >= 15 is 0 Å². The smallest absolute Gasteiger partial charge is 0.365 e. The molecule has 0 aromatic heterocycles. The number of piperazine rings is 1. The second-order valence-corrected chi connectivity index (χ2v) is 9.46. The summed E-state index contributed by atoms with van der Waals surface area (Å²) in [5.41, 5.74) is 1.69. The number of fused-ring (bicyclic) bond motifs is 3. The highest BCUT2D eigenvalue weighted by molar-refractivity contribution is 5.82. The summed E-state index contributed by atoms with van der Waals surface area (Å²) in [4.78, 5) is 17.5. The van der Waals surface area contributed by atoms with Crippen LogP contribution in [0.5, 0.6) is 0 Å². The second kappa shape index (κ2) is 8.63. The molecule has 2 atom stereocenters. The van der Waals surface area contributed by atoms with E-state index in [4.69, 9.17) is 0 Å². The van der Waals surface area contributed by atoms with Crippen molar-refractivity contribution >= 4 is 11.6 Å². The van der Waals surface area contributed by atoms with Crippen LogP contribution in [0, 0.1) is 17.7 Å². The molecule has 1 aliphatic carbocycles. The van der Waals surface area contributed by atoms with Gasteiger partial charge in [-0.05, 0) is 66.6 Å². The van der Waals surface area contributed by atoms with Gasteiger partial charge >= 0.3 is 6.18 Å². The van der Waals surface area contributed by atoms with Crippen molar-refractivity contribution in [1.82, 2.24) is 10.2 Å². The zero-order chi connectivity index (χ0) is 23.2. The fourth-order valence-electron chi connectivity index (χ4n) is 5.05. The Kier molecular flexibility index (Phi) is 5.80. The summed E-state index contributed by atoms with van der Waals surface area (Å²) in [6.07, 6.45) is -1.89. The van der Waals surface area contributed by atoms with E-state index in [0.29, 0.717) is 50.6 Å². The molecule has 1 N–H and O–H groups in total. The highest BCUT2D eigenvalue weighted by Crippen LogP contribution is 2.40. The van der Waals surface area contributed by atoms with Crippen molar-refractivity contribution in [3.05, 3.63) is 65.0 Å². The predicted molar refractivity (Wildman–Crippen MR) is 117 cm³/mol. The number of carbonyl (C=O) groups excluding carboxylic acids is 1. The number of nitrogens with one attached hydrogen (secondary N) is 1. The molecule has 2 fully saturated rings. The van der Waals surface area contributed by atoms with Gasteiger partial charge in [0.15, 0.2) is 0 Å². The molecule has 2 heterocycles. The lowest BCUT2D eigenvalue weighted by Crippen LogP contribution is -2.61. The van der Waals surface area contributed by atoms with Gasteiger partial charge in [-0.15, -0.1) is 0 Å². The van der Waals surface area contributed by atoms with Gasteiger partial charge in [0.1, 0.15) is 5.82 Å². The van der Waals surface area contributed by atoms with Crippen LogP contribution in [-0.2, 0) is 23.9 Å². The number of nitrogens with zero attached hydrogens (tertiary/aromatic N) is 2. The van der Waals surface area contributed by atoms with Crippen LogP contribution in [0.15, 0.2) is 42.5 Å². The largest absolute Gasteiger partial charge is 0.416 e. The molecule has 33 heavy (non-hydrogen) atoms. The van der Waals surface area contributed by atoms with Gasteiger partial charge in [0.25, 0.3) is 0 Å². The average Bonchev–Trinajstić information content (AvgIpc) is 3.62. The second-order valence-electron chi connectivity index (χ2n) is 9.46. The van der Waals surface area contributed by atoms with Gasteiger partial charge in [-0.1, -0.05) is 12.1 Å². The van der Waals surface area contributed by atoms with Crippen molar-refractivity contribution in [2.75, 3.05) is 31.1 Å². The van der Waals surface area contributed by atoms with E-state index in [0.717, 1.165) is 30.2 Å². The van der Waals surface area contributed by atoms with Gasteiger partial charge in [-0.3, -0.25) is 9.69 Å². The lowest BCUT2D eigenvalue weighted by atomic mass is 9.82. The Balaban J connectivity index is 1.39. The van der Waals surface area contributed by atoms with E-state index in [-0.39, 0.29) is 17.8 Å². The number of halogens is 4. The maximum absolute atomic E-state index is 13.3. The van der Waals surface area contributed by atoms with Crippen LogP contribution in [0.25, 0.3) is 0 Å². The standard InChI is InChI=1S/C25H27F4N3O/c26-20-6-3-17(4-7-20)14-31-9-10-32-22-8-5-19(25(27,28)29)11-18(22)12-21(23(32)15-31)24(33)30-13-16-1-2-16/h3-8,11,16,21,23H,1-2,9-10,12-15H2,(H,30,33)/t21-,23+/m1/s1. The zero-order valence-electron chi connectivity index (χ0n) is 18.2. The molecule has 2 aliphatic heterocycles. The van der Waals surface area contributed by atoms with Crippen LogP contribution in [0.4, 0.5) is 23.2 Å². The first-order chi connectivity index (χ1) is 15.8. The van der Waals surface area contributed by atoms with E-state index in [1.54, 1.807) is 18.2 Å². The molecule has 5 rings (SSSR count). The number of anilines is 1. The van der Waals surface area contributed by atoms with Gasteiger partial charge in [-0.2, -0.15) is 13.2 Å². The van der Waals surface area contributed by atoms with Crippen molar-refractivity contribution in [3.63, 3.8) is 0 Å². The number of carbonyl (C=O) groups is 1. The zero-order valence-corrected chi connectivity index (χ0v) is 18.2. The third kappa shape index (κ3) is 4.86. The van der Waals surface area contributed by atoms with E-state index in [9.17, 15) is 22.4 Å². The van der Waals surface area contributed by atoms with Crippen LogP contribution < -0.4 is 10.2 Å². The fourth-order valence-corrected chi connectivity index (χ4v) is 5.05. The summed E-state index contributed by atoms with van der Waals surface area (Å²) in [6.45, 7) is 3.23. The predicted octanol–water partition coefficient (Wildman–Crippen LogP) is 4.23. The molecule has 4 nitrogen and oxygen atoms in total. The van der Waals surface area contributed by atoms with Gasteiger partial charge in [0, 0.05) is 38.4 Å². The third-order valence-corrected chi connectivity index (χ3v) is 7.04. The normalized spacial score (nSPS) is 23.1. The van der Waals surface area contributed by atoms with Crippen molar-refractivity contribution in [2.24, 2.45) is 11.8 Å². The number of rotatable bonds is 5. The van der Waals surface area contributed by atoms with Gasteiger partial charge in [0.05, 0.1) is 17.5 Å². The number of amides is 1. The average molecular weight is 462 g/mol. The lowest BCUT2D eigenvalue weighted by Gasteiger charge is -2.49. The van der Waals surface area contributed by atoms with Gasteiger partial charge in [-0.25, -0.2) is 4.39 Å². The Labute approximate surface area is 190 Å². The Hall–Kier alpha value is -2.61. The number of benzene rings is 2. The number of hydrogen-bond donors (Lipinski definition) is 1. The molecular weight excluding hydrogens is 434 g/mol. The first kappa shape index (κ1) is 22.2. The molecule has 0 radical (unpaired) electrons. The van der Waals surface area contributed by atoms with Crippen molar-refractivity contribution in [2.45, 2.75) is 38.0 Å². The Bertz CT molecular complexity index is 1020. The van der Waals surface area contributed by atoms with Crippen molar-refractivity contribution < 1.29 is 22.4 Å². The summed E-state index contributed by atoms with van der Waals surface area (Å²) in [7, 11) is 0. The van der Waals surface area contributed by atoms with Crippen LogP contribution in [-0.4, -0.2) is 43.0 Å². The minimum absolute atomic E-state index is 0.0800. The summed E-state index contributed by atoms with van der Waals surface area (Å²) in [6, 6.07) is 10.2. The van der Waals surface area contributed by atoms with E-state index < -0.39 is 17.7 Å². The van der Waals surface area contributed by atoms with E-state index in [1.807, 2.05) is 0 Å². The first-order valence-corrected chi connectivity index (χ1v) is 11.5. The highest BCUT2D eigenvalue weighted by atomic mass is 19.4. The molecule has 176 valence electrons. The quantitative estimate of drug-likeness (QED) is 0.677. The van der Waals surface area contributed by atoms with Crippen molar-refractivity contribution in [3.8, 4) is 0 Å². The van der Waals surface area contributed by atoms with Crippen LogP contribution in [0.1, 0.15) is 29.5 Å². The Morgan fingerprint density at radius 2 is 1.82 bits per heavy atom. The Morgan fingerprint density at radius 3 is 2.52 bits per heavy atom. The molecule has 2 aromatic carbocycles. The fraction of sp³-hybridized carbons (Fsp3) is 0.480. The molecule has 2 aromatic rings. The monoisotopic (exact) mass is 461 g/mol. The van der Waals surface area contributed by atoms with Crippen LogP contribution in [0.2, 0.25) is 0 Å². The molecule has 0 spiro atoms. The van der Waals surface area contributed by atoms with Gasteiger partial charge < -0.3 is 10.2 Å². The van der Waals surface area contributed by atoms with Crippen LogP contribution >= 0.6 is 0 Å². The van der Waals surface area contributed by atoms with Crippen LogP contribution in [0.3, 0.4) is 0 Å². The molecule has 1 saturated heterocycles. The molecule has 1 amide bonds. The maximum Gasteiger partial charge on any atom is 0.416 e. The molecule has 0 unspecified atom stereocenters. The van der Waals surface area contributed by atoms with Gasteiger partial charge in [0.2, 0.25) is 5.91 Å². The Morgan fingerprint density at radius 1 is 1.06 bits per heavy atom. The lowest BCUT2D eigenvalue weighted by molar-refractivity contribution is -0.137. The molecule has 8 heteroatoms. The molecule has 0 bridgehead atoms. The summed E-state index contributed by atoms with van der Waals surface area (Å²) >= 11 is 0. The summed E-state index contributed by atoms with van der Waals surface area (Å²) in [5.74, 6) is -0.253.